The fourth-order valence-corrected chi connectivity index (χ4v) is 2.71. The molecule has 0 atom stereocenters. The summed E-state index contributed by atoms with van der Waals surface area (Å²) in [6, 6.07) is 7.17. The van der Waals surface area contributed by atoms with Crippen molar-refractivity contribution in [2.75, 3.05) is 57.0 Å². The molecule has 2 rings (SSSR count). The van der Waals surface area contributed by atoms with E-state index in [0.29, 0.717) is 17.9 Å². The summed E-state index contributed by atoms with van der Waals surface area (Å²) in [5, 5.41) is 8.31. The quantitative estimate of drug-likeness (QED) is 0.665. The average Bonchev–Trinajstić information content (AvgIpc) is 2.59. The van der Waals surface area contributed by atoms with Crippen LogP contribution in [0.5, 0.6) is 0 Å². The molecule has 1 aliphatic heterocycles. The lowest BCUT2D eigenvalue weighted by molar-refractivity contribution is -0.117. The van der Waals surface area contributed by atoms with Crippen LogP contribution in [0.1, 0.15) is 6.92 Å². The average molecular weight is 379 g/mol. The molecule has 1 aromatic rings. The van der Waals surface area contributed by atoms with Crippen molar-refractivity contribution in [2.45, 2.75) is 6.92 Å². The first-order chi connectivity index (χ1) is 12.5. The van der Waals surface area contributed by atoms with E-state index in [1.54, 1.807) is 19.1 Å². The molecule has 26 heavy (non-hydrogen) atoms. The Balaban J connectivity index is 1.90. The minimum Gasteiger partial charge on any atom is -0.450 e. The number of anilines is 2. The van der Waals surface area contributed by atoms with Crippen molar-refractivity contribution in [3.63, 3.8) is 0 Å². The molecule has 9 heteroatoms. The number of para-hydroxylation sites is 2. The number of thiocarbonyl (C=S) groups is 1. The summed E-state index contributed by atoms with van der Waals surface area (Å²) >= 11 is 5.09. The van der Waals surface area contributed by atoms with Crippen molar-refractivity contribution >= 4 is 40.7 Å². The van der Waals surface area contributed by atoms with E-state index in [1.807, 2.05) is 12.1 Å². The van der Waals surface area contributed by atoms with Crippen LogP contribution in [0, 0.1) is 0 Å². The Morgan fingerprint density at radius 2 is 1.73 bits per heavy atom. The van der Waals surface area contributed by atoms with E-state index >= 15 is 0 Å². The molecule has 0 spiro atoms. The molecular weight excluding hydrogens is 354 g/mol. The van der Waals surface area contributed by atoms with Crippen LogP contribution in [-0.2, 0) is 9.53 Å². The van der Waals surface area contributed by atoms with Gasteiger partial charge < -0.3 is 20.3 Å². The number of amides is 2. The number of ether oxygens (including phenoxy) is 1. The molecule has 1 fully saturated rings. The molecule has 142 valence electrons. The minimum absolute atomic E-state index is 0.0897. The monoisotopic (exact) mass is 379 g/mol. The molecule has 1 saturated heterocycles. The highest BCUT2D eigenvalue weighted by Crippen LogP contribution is 2.21. The number of carbonyl (C=O) groups excluding carboxylic acids is 2. The predicted octanol–water partition coefficient (Wildman–Crippen LogP) is 1.32. The molecule has 2 amide bonds. The van der Waals surface area contributed by atoms with Gasteiger partial charge in [0.25, 0.3) is 0 Å². The molecule has 0 aliphatic carbocycles. The topological polar surface area (TPSA) is 85.9 Å². The van der Waals surface area contributed by atoms with Gasteiger partial charge in [-0.1, -0.05) is 12.1 Å². The number of carbonyl (C=O) groups is 2. The first-order valence-corrected chi connectivity index (χ1v) is 8.93. The normalized spacial score (nSPS) is 15.2. The molecule has 1 aromatic carbocycles. The SMILES string of the molecule is CCOC(=O)NC(=S)Nc1ccccc1NC(=O)CN1CCN(C)CC1. The lowest BCUT2D eigenvalue weighted by Crippen LogP contribution is -2.47. The second-order valence-corrected chi connectivity index (χ2v) is 6.38. The van der Waals surface area contributed by atoms with Crippen molar-refractivity contribution in [3.8, 4) is 0 Å². The van der Waals surface area contributed by atoms with Crippen molar-refractivity contribution in [2.24, 2.45) is 0 Å². The molecule has 0 bridgehead atoms. The zero-order valence-electron chi connectivity index (χ0n) is 15.1. The summed E-state index contributed by atoms with van der Waals surface area (Å²) in [5.74, 6) is -0.0897. The zero-order chi connectivity index (χ0) is 18.9. The van der Waals surface area contributed by atoms with E-state index in [2.05, 4.69) is 32.8 Å². The van der Waals surface area contributed by atoms with Gasteiger partial charge in [0.15, 0.2) is 5.11 Å². The molecular formula is C17H25N5O3S. The summed E-state index contributed by atoms with van der Waals surface area (Å²) in [7, 11) is 2.08. The van der Waals surface area contributed by atoms with E-state index in [4.69, 9.17) is 17.0 Å². The Morgan fingerprint density at radius 1 is 1.12 bits per heavy atom. The van der Waals surface area contributed by atoms with E-state index < -0.39 is 6.09 Å². The van der Waals surface area contributed by atoms with Gasteiger partial charge >= 0.3 is 6.09 Å². The third-order valence-corrected chi connectivity index (χ3v) is 4.11. The summed E-state index contributed by atoms with van der Waals surface area (Å²) in [6.45, 7) is 5.97. The van der Waals surface area contributed by atoms with E-state index in [0.717, 1.165) is 26.2 Å². The number of piperazine rings is 1. The summed E-state index contributed by atoms with van der Waals surface area (Å²) in [6.07, 6.45) is -0.624. The molecule has 0 radical (unpaired) electrons. The highest BCUT2D eigenvalue weighted by molar-refractivity contribution is 7.80. The Bertz CT molecular complexity index is 647. The number of nitrogens with one attached hydrogen (secondary N) is 3. The molecule has 8 nitrogen and oxygen atoms in total. The zero-order valence-corrected chi connectivity index (χ0v) is 15.9. The fourth-order valence-electron chi connectivity index (χ4n) is 2.51. The maximum absolute atomic E-state index is 12.3. The lowest BCUT2D eigenvalue weighted by atomic mass is 10.2. The van der Waals surface area contributed by atoms with Gasteiger partial charge in [0.2, 0.25) is 5.91 Å². The maximum Gasteiger partial charge on any atom is 0.413 e. The number of likely N-dealkylation sites (N-methyl/N-ethyl adjacent to an activating group) is 1. The Morgan fingerprint density at radius 3 is 2.35 bits per heavy atom. The molecule has 1 heterocycles. The standard InChI is InChI=1S/C17H25N5O3S/c1-3-25-17(24)20-16(26)19-14-7-5-4-6-13(14)18-15(23)12-22-10-8-21(2)9-11-22/h4-7H,3,8-12H2,1-2H3,(H,18,23)(H2,19,20,24,26). The summed E-state index contributed by atoms with van der Waals surface area (Å²) < 4.78 is 4.78. The Hall–Kier alpha value is -2.23. The van der Waals surface area contributed by atoms with Crippen molar-refractivity contribution in [3.05, 3.63) is 24.3 Å². The van der Waals surface area contributed by atoms with E-state index in [1.165, 1.54) is 0 Å². The predicted molar refractivity (Wildman–Crippen MR) is 105 cm³/mol. The fraction of sp³-hybridized carbons (Fsp3) is 0.471. The van der Waals surface area contributed by atoms with Gasteiger partial charge in [-0.3, -0.25) is 15.0 Å². The number of nitrogens with zero attached hydrogens (tertiary/aromatic N) is 2. The maximum atomic E-state index is 12.3. The van der Waals surface area contributed by atoms with Gasteiger partial charge in [0.1, 0.15) is 0 Å². The number of alkyl carbamates (subject to hydrolysis) is 1. The number of hydrogen-bond acceptors (Lipinski definition) is 6. The van der Waals surface area contributed by atoms with Gasteiger partial charge in [-0.15, -0.1) is 0 Å². The highest BCUT2D eigenvalue weighted by atomic mass is 32.1. The smallest absolute Gasteiger partial charge is 0.413 e. The third-order valence-electron chi connectivity index (χ3n) is 3.90. The largest absolute Gasteiger partial charge is 0.450 e. The van der Waals surface area contributed by atoms with Crippen LogP contribution >= 0.6 is 12.2 Å². The molecule has 0 unspecified atom stereocenters. The first-order valence-electron chi connectivity index (χ1n) is 8.52. The van der Waals surface area contributed by atoms with Crippen molar-refractivity contribution < 1.29 is 14.3 Å². The minimum atomic E-state index is -0.624. The van der Waals surface area contributed by atoms with Gasteiger partial charge in [0.05, 0.1) is 24.5 Å². The van der Waals surface area contributed by atoms with Crippen LogP contribution in [0.4, 0.5) is 16.2 Å². The summed E-state index contributed by atoms with van der Waals surface area (Å²) in [5.41, 5.74) is 1.20. The van der Waals surface area contributed by atoms with E-state index in [9.17, 15) is 9.59 Å². The van der Waals surface area contributed by atoms with Crippen LogP contribution in [0.15, 0.2) is 24.3 Å². The van der Waals surface area contributed by atoms with E-state index in [-0.39, 0.29) is 17.6 Å². The molecule has 0 saturated carbocycles. The second-order valence-electron chi connectivity index (χ2n) is 5.97. The van der Waals surface area contributed by atoms with Crippen LogP contribution in [0.25, 0.3) is 0 Å². The van der Waals surface area contributed by atoms with Crippen molar-refractivity contribution in [1.82, 2.24) is 15.1 Å². The number of benzene rings is 1. The lowest BCUT2D eigenvalue weighted by Gasteiger charge is -2.31. The summed E-state index contributed by atoms with van der Waals surface area (Å²) in [4.78, 5) is 28.1. The van der Waals surface area contributed by atoms with Crippen LogP contribution < -0.4 is 16.0 Å². The van der Waals surface area contributed by atoms with Crippen molar-refractivity contribution in [1.29, 1.82) is 0 Å². The molecule has 1 aliphatic rings. The molecule has 3 N–H and O–H groups in total. The van der Waals surface area contributed by atoms with Gasteiger partial charge in [-0.2, -0.15) is 0 Å². The second kappa shape index (κ2) is 10.0. The first kappa shape index (κ1) is 20.1. The van der Waals surface area contributed by atoms with Gasteiger partial charge in [-0.05, 0) is 38.3 Å². The Labute approximate surface area is 158 Å². The highest BCUT2D eigenvalue weighted by Gasteiger charge is 2.17. The van der Waals surface area contributed by atoms with Crippen LogP contribution in [0.3, 0.4) is 0 Å². The number of hydrogen-bond donors (Lipinski definition) is 3. The van der Waals surface area contributed by atoms with Gasteiger partial charge in [0, 0.05) is 26.2 Å². The molecule has 0 aromatic heterocycles. The van der Waals surface area contributed by atoms with Gasteiger partial charge in [-0.25, -0.2) is 4.79 Å². The Kier molecular flexibility index (Phi) is 7.76. The number of rotatable bonds is 5. The van der Waals surface area contributed by atoms with Crippen LogP contribution in [0.2, 0.25) is 0 Å². The third kappa shape index (κ3) is 6.58. The van der Waals surface area contributed by atoms with Crippen LogP contribution in [-0.4, -0.2) is 73.3 Å².